The standard InChI is InChI=1S/C66H58N.Ir/c1-4-6-8-11-21-44-39-45(22-12-9-7-5-2)41-49(40-44)65(3)60-42-47(46-23-13-10-14-24-46)31-33-52(60)53-34-32-48(43-61(53)65)62-37-35-55-63(67-62)38-36-59-64(55)54-27-17-20-30-58(54)66(59)56-28-18-15-25-50(56)51-26-16-19-29-57(51)66;/h10,13-20,23-31,33-43H,4-9,11-12,21-22H2,1-3H3;/q-1;. The van der Waals surface area contributed by atoms with Crippen molar-refractivity contribution < 1.29 is 20.1 Å². The molecule has 3 aliphatic rings. The number of hydrogen-bond acceptors (Lipinski definition) is 1. The maximum Gasteiger partial charge on any atom is 0.0725 e. The third-order valence-electron chi connectivity index (χ3n) is 15.8. The summed E-state index contributed by atoms with van der Waals surface area (Å²) in [6, 6.07) is 70.7. The van der Waals surface area contributed by atoms with Crippen LogP contribution in [0.3, 0.4) is 0 Å². The quantitative estimate of drug-likeness (QED) is 0.0828. The second kappa shape index (κ2) is 18.0. The third kappa shape index (κ3) is 6.93. The molecule has 337 valence electrons. The number of aryl methyl sites for hydroxylation is 2. The summed E-state index contributed by atoms with van der Waals surface area (Å²) < 4.78 is 0. The molecule has 3 aliphatic carbocycles. The molecule has 0 N–H and O–H groups in total. The van der Waals surface area contributed by atoms with Gasteiger partial charge in [0.1, 0.15) is 0 Å². The Hall–Kier alpha value is -6.18. The van der Waals surface area contributed by atoms with Gasteiger partial charge in [0.15, 0.2) is 0 Å². The average Bonchev–Trinajstić information content (AvgIpc) is 3.96. The Labute approximate surface area is 417 Å². The van der Waals surface area contributed by atoms with Crippen molar-refractivity contribution in [2.24, 2.45) is 0 Å². The molecule has 1 nitrogen and oxygen atoms in total. The molecule has 1 atom stereocenters. The van der Waals surface area contributed by atoms with Crippen LogP contribution >= 0.6 is 0 Å². The zero-order chi connectivity index (χ0) is 45.1. The van der Waals surface area contributed by atoms with E-state index in [9.17, 15) is 0 Å². The van der Waals surface area contributed by atoms with Gasteiger partial charge in [0.25, 0.3) is 0 Å². The minimum atomic E-state index is -0.375. The van der Waals surface area contributed by atoms with Gasteiger partial charge in [-0.2, -0.15) is 0 Å². The minimum absolute atomic E-state index is 0. The summed E-state index contributed by atoms with van der Waals surface area (Å²) in [6.45, 7) is 7.11. The summed E-state index contributed by atoms with van der Waals surface area (Å²) in [6.07, 6.45) is 12.4. The van der Waals surface area contributed by atoms with Crippen LogP contribution in [0.2, 0.25) is 0 Å². The van der Waals surface area contributed by atoms with E-state index in [0.29, 0.717) is 0 Å². The molecular formula is C66H58IrN-. The predicted octanol–water partition coefficient (Wildman–Crippen LogP) is 17.3. The number of nitrogens with zero attached hydrogens (tertiary/aromatic N) is 1. The van der Waals surface area contributed by atoms with E-state index >= 15 is 0 Å². The molecule has 9 aromatic rings. The number of pyridine rings is 1. The second-order valence-electron chi connectivity index (χ2n) is 19.7. The van der Waals surface area contributed by atoms with E-state index in [1.165, 1.54) is 151 Å². The van der Waals surface area contributed by atoms with Crippen LogP contribution in [-0.2, 0) is 43.8 Å². The summed E-state index contributed by atoms with van der Waals surface area (Å²) >= 11 is 0. The van der Waals surface area contributed by atoms with Crippen LogP contribution in [0.25, 0.3) is 66.7 Å². The van der Waals surface area contributed by atoms with Gasteiger partial charge in [-0.15, -0.1) is 29.3 Å². The maximum atomic E-state index is 5.54. The first-order chi connectivity index (χ1) is 33.0. The normalized spacial score (nSPS) is 15.3. The fourth-order valence-corrected chi connectivity index (χ4v) is 12.5. The van der Waals surface area contributed by atoms with Gasteiger partial charge in [-0.25, -0.2) is 0 Å². The van der Waals surface area contributed by atoms with Gasteiger partial charge in [-0.05, 0) is 122 Å². The van der Waals surface area contributed by atoms with Crippen molar-refractivity contribution >= 4 is 10.9 Å². The van der Waals surface area contributed by atoms with Crippen molar-refractivity contribution in [3.63, 3.8) is 0 Å². The van der Waals surface area contributed by atoms with Crippen LogP contribution in [0, 0.1) is 6.07 Å². The molecule has 0 aliphatic heterocycles. The van der Waals surface area contributed by atoms with Crippen molar-refractivity contribution in [3.05, 3.63) is 232 Å². The minimum Gasteiger partial charge on any atom is -0.296 e. The zero-order valence-corrected chi connectivity index (χ0v) is 42.0. The number of rotatable bonds is 13. The van der Waals surface area contributed by atoms with Crippen molar-refractivity contribution in [2.75, 3.05) is 0 Å². The molecule has 0 bridgehead atoms. The number of aromatic nitrogens is 1. The number of unbranched alkanes of at least 4 members (excludes halogenated alkanes) is 6. The van der Waals surface area contributed by atoms with Crippen LogP contribution in [0.1, 0.15) is 122 Å². The molecule has 1 unspecified atom stereocenters. The van der Waals surface area contributed by atoms with Crippen molar-refractivity contribution in [2.45, 2.75) is 95.8 Å². The van der Waals surface area contributed by atoms with Crippen LogP contribution in [0.5, 0.6) is 0 Å². The maximum absolute atomic E-state index is 5.54. The Kier molecular flexibility index (Phi) is 11.8. The van der Waals surface area contributed by atoms with Crippen molar-refractivity contribution in [1.29, 1.82) is 0 Å². The number of benzene rings is 8. The molecule has 0 fully saturated rings. The van der Waals surface area contributed by atoms with Gasteiger partial charge in [0, 0.05) is 30.9 Å². The molecule has 68 heavy (non-hydrogen) atoms. The zero-order valence-electron chi connectivity index (χ0n) is 39.6. The molecule has 8 aromatic carbocycles. The predicted molar refractivity (Wildman–Crippen MR) is 281 cm³/mol. The first-order valence-corrected chi connectivity index (χ1v) is 25.2. The second-order valence-corrected chi connectivity index (χ2v) is 19.7. The van der Waals surface area contributed by atoms with Crippen LogP contribution < -0.4 is 0 Å². The molecular weight excluding hydrogens is 999 g/mol. The molecule has 2 heteroatoms. The van der Waals surface area contributed by atoms with E-state index in [4.69, 9.17) is 4.98 Å². The van der Waals surface area contributed by atoms with Crippen molar-refractivity contribution in [3.8, 4) is 55.8 Å². The monoisotopic (exact) mass is 1060 g/mol. The fourth-order valence-electron chi connectivity index (χ4n) is 12.5. The van der Waals surface area contributed by atoms with Gasteiger partial charge in [-0.3, -0.25) is 4.98 Å². The van der Waals surface area contributed by atoms with E-state index in [-0.39, 0.29) is 30.9 Å². The van der Waals surface area contributed by atoms with Gasteiger partial charge in [0.2, 0.25) is 0 Å². The molecule has 1 aromatic heterocycles. The Morgan fingerprint density at radius 1 is 0.456 bits per heavy atom. The SMILES string of the molecule is CCCCCCc1cc(CCCCCC)cc(C2(C)c3cc(-c4ccc5c6c(ccc5n4)C4(c5ccccc5-c5ccccc54)c4ccccc4-6)[c-]cc3-c3ccc(-c4ccccc4)cc32)c1.[Ir]. The average molecular weight is 1060 g/mol. The van der Waals surface area contributed by atoms with E-state index in [2.05, 4.69) is 203 Å². The van der Waals surface area contributed by atoms with Gasteiger partial charge in [0.05, 0.1) is 10.9 Å². The Bertz CT molecular complexity index is 3280. The van der Waals surface area contributed by atoms with E-state index < -0.39 is 0 Å². The van der Waals surface area contributed by atoms with E-state index in [0.717, 1.165) is 29.6 Å². The Morgan fingerprint density at radius 2 is 1.04 bits per heavy atom. The van der Waals surface area contributed by atoms with Gasteiger partial charge < -0.3 is 0 Å². The molecule has 0 saturated carbocycles. The summed E-state index contributed by atoms with van der Waals surface area (Å²) in [5.41, 5.74) is 25.1. The fraction of sp³-hybridized carbons (Fsp3) is 0.227. The third-order valence-corrected chi connectivity index (χ3v) is 15.8. The first-order valence-electron chi connectivity index (χ1n) is 25.2. The summed E-state index contributed by atoms with van der Waals surface area (Å²) in [4.78, 5) is 5.54. The Balaban J connectivity index is 0.00000507. The smallest absolute Gasteiger partial charge is 0.0725 e. The largest absolute Gasteiger partial charge is 0.296 e. The van der Waals surface area contributed by atoms with E-state index in [1.54, 1.807) is 0 Å². The molecule has 1 spiro atoms. The summed E-state index contributed by atoms with van der Waals surface area (Å²) in [5.74, 6) is 0. The summed E-state index contributed by atoms with van der Waals surface area (Å²) in [7, 11) is 0. The topological polar surface area (TPSA) is 12.9 Å². The molecule has 1 radical (unpaired) electrons. The molecule has 0 amide bonds. The van der Waals surface area contributed by atoms with Crippen molar-refractivity contribution in [1.82, 2.24) is 4.98 Å². The molecule has 0 saturated heterocycles. The Morgan fingerprint density at radius 3 is 1.71 bits per heavy atom. The van der Waals surface area contributed by atoms with Gasteiger partial charge in [-0.1, -0.05) is 221 Å². The van der Waals surface area contributed by atoms with Crippen LogP contribution in [-0.4, -0.2) is 4.98 Å². The first kappa shape index (κ1) is 44.3. The number of fused-ring (bicyclic) bond motifs is 15. The van der Waals surface area contributed by atoms with E-state index in [1.807, 2.05) is 0 Å². The van der Waals surface area contributed by atoms with Crippen LogP contribution in [0.15, 0.2) is 176 Å². The number of hydrogen-bond donors (Lipinski definition) is 0. The van der Waals surface area contributed by atoms with Gasteiger partial charge >= 0.3 is 0 Å². The summed E-state index contributed by atoms with van der Waals surface area (Å²) in [5, 5.41) is 1.20. The van der Waals surface area contributed by atoms with Crippen LogP contribution in [0.4, 0.5) is 0 Å². The molecule has 1 heterocycles. The molecule has 12 rings (SSSR count).